The number of aryl methyl sites for hydroxylation is 1. The molecule has 3 rings (SSSR count). The van der Waals surface area contributed by atoms with Crippen molar-refractivity contribution in [2.24, 2.45) is 24.8 Å². The Bertz CT molecular complexity index is 398. The maximum absolute atomic E-state index is 10.4. The lowest BCUT2D eigenvalue weighted by molar-refractivity contribution is 0.117. The average molecular weight is 299 g/mol. The molecule has 94 valence electrons. The smallest absolute Gasteiger partial charge is 0.0970 e. The lowest BCUT2D eigenvalue weighted by Gasteiger charge is -2.24. The molecule has 3 nitrogen and oxygen atoms in total. The zero-order valence-corrected chi connectivity index (χ0v) is 11.7. The molecule has 4 heteroatoms. The summed E-state index contributed by atoms with van der Waals surface area (Å²) in [4.78, 5) is 0. The first-order chi connectivity index (χ1) is 8.15. The Labute approximate surface area is 110 Å². The van der Waals surface area contributed by atoms with Crippen molar-refractivity contribution in [3.8, 4) is 0 Å². The number of nitrogens with zero attached hydrogens (tertiary/aromatic N) is 2. The van der Waals surface area contributed by atoms with Crippen molar-refractivity contribution in [3.05, 3.63) is 16.4 Å². The van der Waals surface area contributed by atoms with Crippen LogP contribution in [0.5, 0.6) is 0 Å². The third-order valence-corrected chi connectivity index (χ3v) is 5.27. The highest BCUT2D eigenvalue weighted by Crippen LogP contribution is 2.51. The first-order valence-electron chi connectivity index (χ1n) is 6.50. The van der Waals surface area contributed by atoms with Crippen LogP contribution in [0.3, 0.4) is 0 Å². The van der Waals surface area contributed by atoms with E-state index in [2.05, 4.69) is 21.0 Å². The van der Waals surface area contributed by atoms with Gasteiger partial charge in [-0.05, 0) is 59.4 Å². The molecule has 4 atom stereocenters. The monoisotopic (exact) mass is 298 g/mol. The molecule has 0 amide bonds. The summed E-state index contributed by atoms with van der Waals surface area (Å²) in [5.41, 5.74) is 0.924. The normalized spacial score (nSPS) is 33.2. The van der Waals surface area contributed by atoms with Crippen molar-refractivity contribution >= 4 is 15.9 Å². The molecule has 2 bridgehead atoms. The van der Waals surface area contributed by atoms with Gasteiger partial charge in [0.25, 0.3) is 0 Å². The van der Waals surface area contributed by atoms with Crippen LogP contribution in [0.1, 0.15) is 43.9 Å². The summed E-state index contributed by atoms with van der Waals surface area (Å²) >= 11 is 3.46. The fourth-order valence-electron chi connectivity index (χ4n) is 3.86. The van der Waals surface area contributed by atoms with E-state index in [0.29, 0.717) is 0 Å². The van der Waals surface area contributed by atoms with Crippen LogP contribution in [-0.4, -0.2) is 14.9 Å². The average Bonchev–Trinajstić information content (AvgIpc) is 2.94. The molecule has 4 unspecified atom stereocenters. The second-order valence-electron chi connectivity index (χ2n) is 5.69. The van der Waals surface area contributed by atoms with E-state index in [9.17, 15) is 5.11 Å². The standard InChI is InChI=1S/C13H19BrN2O/c1-16-13(11(14)7-15-16)12(17)6-10-5-8-2-3-9(10)4-8/h7-10,12,17H,2-6H2,1H3. The zero-order chi connectivity index (χ0) is 12.0. The summed E-state index contributed by atoms with van der Waals surface area (Å²) in [7, 11) is 1.89. The highest BCUT2D eigenvalue weighted by Gasteiger charge is 2.40. The minimum atomic E-state index is -0.374. The second kappa shape index (κ2) is 4.39. The number of rotatable bonds is 3. The molecule has 2 fully saturated rings. The van der Waals surface area contributed by atoms with Crippen molar-refractivity contribution in [3.63, 3.8) is 0 Å². The fraction of sp³-hybridized carbons (Fsp3) is 0.769. The third kappa shape index (κ3) is 2.06. The van der Waals surface area contributed by atoms with Crippen LogP contribution in [0, 0.1) is 17.8 Å². The molecule has 0 aromatic carbocycles. The number of hydrogen-bond acceptors (Lipinski definition) is 2. The van der Waals surface area contributed by atoms with E-state index >= 15 is 0 Å². The van der Waals surface area contributed by atoms with Crippen LogP contribution in [0.25, 0.3) is 0 Å². The molecule has 1 N–H and O–H groups in total. The first kappa shape index (κ1) is 11.7. The van der Waals surface area contributed by atoms with Crippen LogP contribution in [0.15, 0.2) is 10.7 Å². The number of halogens is 1. The van der Waals surface area contributed by atoms with Gasteiger partial charge in [-0.2, -0.15) is 5.10 Å². The van der Waals surface area contributed by atoms with E-state index < -0.39 is 0 Å². The van der Waals surface area contributed by atoms with E-state index in [4.69, 9.17) is 0 Å². The summed E-state index contributed by atoms with van der Waals surface area (Å²) in [6, 6.07) is 0. The Morgan fingerprint density at radius 3 is 2.88 bits per heavy atom. The van der Waals surface area contributed by atoms with Crippen molar-refractivity contribution in [1.29, 1.82) is 0 Å². The summed E-state index contributed by atoms with van der Waals surface area (Å²) in [6.45, 7) is 0. The van der Waals surface area contributed by atoms with Crippen LogP contribution in [-0.2, 0) is 7.05 Å². The van der Waals surface area contributed by atoms with Gasteiger partial charge in [0.15, 0.2) is 0 Å². The summed E-state index contributed by atoms with van der Waals surface area (Å²) < 4.78 is 2.71. The number of fused-ring (bicyclic) bond motifs is 2. The number of aromatic nitrogens is 2. The maximum Gasteiger partial charge on any atom is 0.0970 e. The lowest BCUT2D eigenvalue weighted by atomic mass is 9.84. The fourth-order valence-corrected chi connectivity index (χ4v) is 4.47. The molecule has 2 aliphatic rings. The molecule has 2 aliphatic carbocycles. The molecule has 1 aromatic heterocycles. The van der Waals surface area contributed by atoms with Gasteiger partial charge in [-0.1, -0.05) is 6.42 Å². The predicted octanol–water partition coefficient (Wildman–Crippen LogP) is 3.04. The zero-order valence-electron chi connectivity index (χ0n) is 10.1. The second-order valence-corrected chi connectivity index (χ2v) is 6.54. The summed E-state index contributed by atoms with van der Waals surface area (Å²) in [6.07, 6.45) is 7.84. The molecular weight excluding hydrogens is 280 g/mol. The van der Waals surface area contributed by atoms with Gasteiger partial charge in [0.2, 0.25) is 0 Å². The molecule has 0 radical (unpaired) electrons. The molecule has 1 aromatic rings. The highest BCUT2D eigenvalue weighted by molar-refractivity contribution is 9.10. The number of aliphatic hydroxyl groups excluding tert-OH is 1. The van der Waals surface area contributed by atoms with Gasteiger partial charge >= 0.3 is 0 Å². The van der Waals surface area contributed by atoms with Crippen LogP contribution in [0.2, 0.25) is 0 Å². The van der Waals surface area contributed by atoms with Gasteiger partial charge in [-0.15, -0.1) is 0 Å². The SMILES string of the molecule is Cn1ncc(Br)c1C(O)CC1CC2CCC1C2. The van der Waals surface area contributed by atoms with Crippen LogP contribution in [0.4, 0.5) is 0 Å². The van der Waals surface area contributed by atoms with Crippen molar-refractivity contribution in [2.45, 2.75) is 38.2 Å². The Morgan fingerprint density at radius 1 is 1.53 bits per heavy atom. The van der Waals surface area contributed by atoms with Gasteiger partial charge in [0.1, 0.15) is 0 Å². The minimum Gasteiger partial charge on any atom is -0.387 e. The third-order valence-electron chi connectivity index (χ3n) is 4.66. The van der Waals surface area contributed by atoms with Crippen LogP contribution >= 0.6 is 15.9 Å². The van der Waals surface area contributed by atoms with E-state index in [0.717, 1.165) is 34.3 Å². The van der Waals surface area contributed by atoms with Gasteiger partial charge in [0, 0.05) is 7.05 Å². The predicted molar refractivity (Wildman–Crippen MR) is 69.4 cm³/mol. The first-order valence-corrected chi connectivity index (χ1v) is 7.30. The van der Waals surface area contributed by atoms with Gasteiger partial charge in [0.05, 0.1) is 22.5 Å². The molecule has 0 aliphatic heterocycles. The Hall–Kier alpha value is -0.350. The molecular formula is C13H19BrN2O. The largest absolute Gasteiger partial charge is 0.387 e. The Morgan fingerprint density at radius 2 is 2.35 bits per heavy atom. The van der Waals surface area contributed by atoms with Gasteiger partial charge in [-0.3, -0.25) is 4.68 Å². The van der Waals surface area contributed by atoms with Crippen molar-refractivity contribution < 1.29 is 5.11 Å². The topological polar surface area (TPSA) is 38.0 Å². The van der Waals surface area contributed by atoms with Gasteiger partial charge in [-0.25, -0.2) is 0 Å². The number of hydrogen-bond donors (Lipinski definition) is 1. The Balaban J connectivity index is 1.69. The van der Waals surface area contributed by atoms with E-state index in [1.165, 1.54) is 25.7 Å². The van der Waals surface area contributed by atoms with E-state index in [-0.39, 0.29) is 6.10 Å². The summed E-state index contributed by atoms with van der Waals surface area (Å²) in [5.74, 6) is 2.55. The molecule has 0 saturated heterocycles. The molecule has 0 spiro atoms. The molecule has 1 heterocycles. The molecule has 2 saturated carbocycles. The van der Waals surface area contributed by atoms with Crippen molar-refractivity contribution in [2.75, 3.05) is 0 Å². The summed E-state index contributed by atoms with van der Waals surface area (Å²) in [5, 5.41) is 14.5. The van der Waals surface area contributed by atoms with E-state index in [1.54, 1.807) is 10.9 Å². The van der Waals surface area contributed by atoms with Crippen molar-refractivity contribution in [1.82, 2.24) is 9.78 Å². The Kier molecular flexibility index (Phi) is 3.03. The van der Waals surface area contributed by atoms with Crippen LogP contribution < -0.4 is 0 Å². The molecule has 17 heavy (non-hydrogen) atoms. The van der Waals surface area contributed by atoms with Gasteiger partial charge < -0.3 is 5.11 Å². The lowest BCUT2D eigenvalue weighted by Crippen LogP contribution is -2.16. The number of aliphatic hydroxyl groups is 1. The highest BCUT2D eigenvalue weighted by atomic mass is 79.9. The quantitative estimate of drug-likeness (QED) is 0.931. The maximum atomic E-state index is 10.4. The minimum absolute atomic E-state index is 0.374. The van der Waals surface area contributed by atoms with E-state index in [1.807, 2.05) is 7.05 Å².